The van der Waals surface area contributed by atoms with E-state index in [2.05, 4.69) is 42.1 Å². The summed E-state index contributed by atoms with van der Waals surface area (Å²) in [6.45, 7) is 12.3. The average Bonchev–Trinajstić information content (AvgIpc) is 3.91. The molecular formula is C44H57ClN12O9S2. The highest BCUT2D eigenvalue weighted by Crippen LogP contribution is 2.39. The van der Waals surface area contributed by atoms with Crippen molar-refractivity contribution in [3.8, 4) is 5.00 Å². The highest BCUT2D eigenvalue weighted by Gasteiger charge is 2.46. The molecule has 0 unspecified atom stereocenters. The van der Waals surface area contributed by atoms with Gasteiger partial charge in [0.2, 0.25) is 47.3 Å². The number of aromatic nitrogens is 3. The van der Waals surface area contributed by atoms with Crippen LogP contribution in [0.25, 0.3) is 5.00 Å². The third-order valence-electron chi connectivity index (χ3n) is 11.8. The SMILES string of the molecule is Cc1sc2c(c1C)C(c1ccc(Cl)cc1)=N[C@@H](CC(=O)NC[C@H]1NC(=O)CNC(=O)C(C)(C)NC(=O)[C@@H]3C[C@@H](O)CN3C(=O)[C@H](C(C)(C)C)NC(=O)CSC[C@H](C(N)=O)NC1=O)c1nnc(C)n1-2. The maximum atomic E-state index is 14.0. The molecule has 0 aliphatic carbocycles. The first kappa shape index (κ1) is 51.5. The smallest absolute Gasteiger partial charge is 0.246 e. The van der Waals surface area contributed by atoms with Crippen molar-refractivity contribution in [1.29, 1.82) is 0 Å². The number of primary amides is 1. The molecule has 21 nitrogen and oxygen atoms in total. The number of fused-ring (bicyclic) bond motifs is 4. The first-order valence-electron chi connectivity index (χ1n) is 21.8. The number of aryl methyl sites for hydroxylation is 2. The van der Waals surface area contributed by atoms with Crippen LogP contribution >= 0.6 is 34.7 Å². The number of amides is 8. The van der Waals surface area contributed by atoms with Gasteiger partial charge in [0.05, 0.1) is 30.5 Å². The minimum absolute atomic E-state index is 0.138. The molecule has 3 aliphatic heterocycles. The number of hydrogen-bond acceptors (Lipinski definition) is 14. The summed E-state index contributed by atoms with van der Waals surface area (Å²) in [5, 5.41) is 36.1. The molecule has 0 spiro atoms. The Kier molecular flexibility index (Phi) is 15.7. The lowest BCUT2D eigenvalue weighted by molar-refractivity contribution is -0.144. The van der Waals surface area contributed by atoms with Gasteiger partial charge in [-0.15, -0.1) is 33.3 Å². The predicted molar refractivity (Wildman–Crippen MR) is 254 cm³/mol. The summed E-state index contributed by atoms with van der Waals surface area (Å²) in [6, 6.07) is 1.02. The van der Waals surface area contributed by atoms with Gasteiger partial charge in [0, 0.05) is 46.3 Å². The van der Waals surface area contributed by atoms with E-state index >= 15 is 0 Å². The first-order valence-corrected chi connectivity index (χ1v) is 24.2. The van der Waals surface area contributed by atoms with Crippen molar-refractivity contribution in [3.63, 3.8) is 0 Å². The van der Waals surface area contributed by atoms with Crippen LogP contribution in [0.3, 0.4) is 0 Å². The van der Waals surface area contributed by atoms with Crippen molar-refractivity contribution in [2.45, 2.75) is 110 Å². The molecule has 3 aliphatic rings. The number of nitrogens with two attached hydrogens (primary N) is 1. The van der Waals surface area contributed by atoms with Crippen LogP contribution in [-0.4, -0.2) is 145 Å². The van der Waals surface area contributed by atoms with E-state index in [0.29, 0.717) is 22.4 Å². The highest BCUT2D eigenvalue weighted by atomic mass is 35.5. The topological polar surface area (TPSA) is 301 Å². The summed E-state index contributed by atoms with van der Waals surface area (Å²) in [5.74, 6) is -5.70. The fourth-order valence-corrected chi connectivity index (χ4v) is 10.2. The van der Waals surface area contributed by atoms with E-state index in [1.54, 1.807) is 39.8 Å². The number of aliphatic imine (C=N–C) groups is 1. The van der Waals surface area contributed by atoms with Crippen LogP contribution in [0.4, 0.5) is 0 Å². The monoisotopic (exact) mass is 996 g/mol. The van der Waals surface area contributed by atoms with Crippen molar-refractivity contribution in [2.75, 3.05) is 31.1 Å². The van der Waals surface area contributed by atoms with Gasteiger partial charge >= 0.3 is 0 Å². The maximum Gasteiger partial charge on any atom is 0.246 e. The third kappa shape index (κ3) is 11.7. The number of thiophene rings is 1. The van der Waals surface area contributed by atoms with Crippen molar-refractivity contribution in [2.24, 2.45) is 16.1 Å². The minimum Gasteiger partial charge on any atom is -0.391 e. The van der Waals surface area contributed by atoms with Crippen LogP contribution in [0.2, 0.25) is 5.02 Å². The molecule has 6 rings (SSSR count). The summed E-state index contributed by atoms with van der Waals surface area (Å²) < 4.78 is 1.87. The Balaban J connectivity index is 1.25. The summed E-state index contributed by atoms with van der Waals surface area (Å²) in [4.78, 5) is 116. The molecule has 2 aromatic heterocycles. The molecule has 2 fully saturated rings. The molecule has 366 valence electrons. The van der Waals surface area contributed by atoms with Gasteiger partial charge in [0.15, 0.2) is 5.82 Å². The van der Waals surface area contributed by atoms with Crippen molar-refractivity contribution in [3.05, 3.63) is 62.5 Å². The second kappa shape index (κ2) is 20.8. The lowest BCUT2D eigenvalue weighted by Gasteiger charge is -2.36. The predicted octanol–water partition coefficient (Wildman–Crippen LogP) is 0.0113. The number of benzene rings is 1. The fourth-order valence-electron chi connectivity index (χ4n) is 7.94. The maximum absolute atomic E-state index is 14.0. The van der Waals surface area contributed by atoms with Gasteiger partial charge in [-0.25, -0.2) is 0 Å². The number of rotatable bonds is 6. The molecule has 0 bridgehead atoms. The zero-order valence-corrected chi connectivity index (χ0v) is 41.3. The Bertz CT molecular complexity index is 2540. The molecule has 68 heavy (non-hydrogen) atoms. The molecule has 0 radical (unpaired) electrons. The molecule has 0 saturated carbocycles. The second-order valence-electron chi connectivity index (χ2n) is 18.6. The Hall–Kier alpha value is -5.91. The van der Waals surface area contributed by atoms with Gasteiger partial charge in [-0.2, -0.15) is 0 Å². The highest BCUT2D eigenvalue weighted by molar-refractivity contribution is 8.00. The molecule has 3 aromatic rings. The Morgan fingerprint density at radius 1 is 0.985 bits per heavy atom. The number of aliphatic hydroxyl groups excluding tert-OH is 1. The summed E-state index contributed by atoms with van der Waals surface area (Å²) >= 11 is 8.72. The summed E-state index contributed by atoms with van der Waals surface area (Å²) in [5.41, 5.74) is 6.36. The lowest BCUT2D eigenvalue weighted by Crippen LogP contribution is -2.62. The Morgan fingerprint density at radius 2 is 1.68 bits per heavy atom. The molecule has 8 amide bonds. The van der Waals surface area contributed by atoms with Gasteiger partial charge < -0.3 is 47.6 Å². The van der Waals surface area contributed by atoms with Crippen molar-refractivity contribution < 1.29 is 43.5 Å². The zero-order chi connectivity index (χ0) is 50.0. The van der Waals surface area contributed by atoms with Crippen molar-refractivity contribution in [1.82, 2.24) is 51.6 Å². The van der Waals surface area contributed by atoms with Gasteiger partial charge in [0.25, 0.3) is 0 Å². The lowest BCUT2D eigenvalue weighted by atomic mass is 9.85. The third-order valence-corrected chi connectivity index (χ3v) is 14.2. The van der Waals surface area contributed by atoms with E-state index in [1.807, 2.05) is 30.5 Å². The van der Waals surface area contributed by atoms with Gasteiger partial charge in [-0.3, -0.25) is 47.9 Å². The molecule has 24 heteroatoms. The second-order valence-corrected chi connectivity index (χ2v) is 21.2. The van der Waals surface area contributed by atoms with E-state index < -0.39 is 108 Å². The Morgan fingerprint density at radius 3 is 2.34 bits per heavy atom. The molecule has 6 atom stereocenters. The number of hydrogen-bond donors (Lipinski definition) is 8. The number of carbonyl (C=O) groups is 8. The van der Waals surface area contributed by atoms with E-state index in [-0.39, 0.29) is 30.9 Å². The van der Waals surface area contributed by atoms with Crippen LogP contribution in [-0.2, 0) is 38.4 Å². The first-order chi connectivity index (χ1) is 31.9. The quantitative estimate of drug-likeness (QED) is 0.162. The standard InChI is InChI=1S/C44H57ClN12O9S2/c1-20-21(2)68-41-33(20)34(23-9-11-24(45)12-10-23)50-26(37-55-54-22(3)57(37)41)14-30(59)47-15-27-38(63)51-28(36(46)62)18-67-19-32(61)52-35(43(4,5)6)40(65)56-17-25(58)13-29(56)39(64)53-44(7,8)42(66)48-16-31(60)49-27/h9-12,25-29,35,58H,13-19H2,1-8H3,(H2,46,62)(H,47,59)(H,48,66)(H,49,60)(H,51,63)(H,52,61)(H,53,64)/t25-,26+,27-,28-,29+,35-/m1/s1. The number of halogens is 1. The molecule has 1 aromatic carbocycles. The van der Waals surface area contributed by atoms with Crippen LogP contribution in [0.1, 0.15) is 86.7 Å². The minimum atomic E-state index is -1.66. The van der Waals surface area contributed by atoms with E-state index in [0.717, 1.165) is 38.3 Å². The largest absolute Gasteiger partial charge is 0.391 e. The number of thioether (sulfide) groups is 1. The van der Waals surface area contributed by atoms with E-state index in [1.165, 1.54) is 30.1 Å². The summed E-state index contributed by atoms with van der Waals surface area (Å²) in [7, 11) is 0. The zero-order valence-electron chi connectivity index (χ0n) is 38.9. The van der Waals surface area contributed by atoms with Gasteiger partial charge in [0.1, 0.15) is 46.6 Å². The number of nitrogens with one attached hydrogen (secondary N) is 6. The van der Waals surface area contributed by atoms with Crippen LogP contribution < -0.4 is 37.6 Å². The normalized spacial score (nSPS) is 24.3. The van der Waals surface area contributed by atoms with E-state index in [4.69, 9.17) is 22.3 Å². The molecular weight excluding hydrogens is 940 g/mol. The van der Waals surface area contributed by atoms with Gasteiger partial charge in [-0.1, -0.05) is 44.5 Å². The van der Waals surface area contributed by atoms with Crippen molar-refractivity contribution >= 4 is 87.7 Å². The molecule has 2 saturated heterocycles. The van der Waals surface area contributed by atoms with Crippen LogP contribution in [0.5, 0.6) is 0 Å². The number of nitrogens with zero attached hydrogens (tertiary/aromatic N) is 5. The number of carbonyl (C=O) groups excluding carboxylic acids is 8. The molecule has 5 heterocycles. The fraction of sp³-hybridized carbons (Fsp3) is 0.523. The van der Waals surface area contributed by atoms with E-state index in [9.17, 15) is 43.5 Å². The molecule has 9 N–H and O–H groups in total. The Labute approximate surface area is 405 Å². The van der Waals surface area contributed by atoms with Crippen LogP contribution in [0.15, 0.2) is 29.3 Å². The number of aliphatic hydroxyl groups is 1. The van der Waals surface area contributed by atoms with Gasteiger partial charge in [-0.05, 0) is 57.7 Å². The summed E-state index contributed by atoms with van der Waals surface area (Å²) in [6.07, 6.45) is -1.48. The van der Waals surface area contributed by atoms with Crippen LogP contribution in [0, 0.1) is 26.2 Å². The average molecular weight is 998 g/mol.